The van der Waals surface area contributed by atoms with E-state index in [1.165, 1.54) is 18.2 Å². The Labute approximate surface area is 280 Å². The molecule has 1 aromatic carbocycles. The average Bonchev–Trinajstić information content (AvgIpc) is 3.40. The van der Waals surface area contributed by atoms with Gasteiger partial charge < -0.3 is 37.6 Å². The molecule has 0 fully saturated rings. The van der Waals surface area contributed by atoms with E-state index in [1.807, 2.05) is 30.3 Å². The largest absolute Gasteiger partial charge is 0.479 e. The highest BCUT2D eigenvalue weighted by Gasteiger charge is 2.36. The maximum atomic E-state index is 13.3. The molecule has 0 saturated carbocycles. The molecule has 0 spiro atoms. The second kappa shape index (κ2) is 17.0. The molecule has 0 aliphatic heterocycles. The van der Waals surface area contributed by atoms with Crippen LogP contribution in [0.4, 0.5) is 15.5 Å². The van der Waals surface area contributed by atoms with Gasteiger partial charge in [-0.25, -0.2) is 14.6 Å². The van der Waals surface area contributed by atoms with Crippen LogP contribution in [0.2, 0.25) is 0 Å². The molecule has 0 radical (unpaired) electrons. The summed E-state index contributed by atoms with van der Waals surface area (Å²) in [5.74, 6) is -0.454. The van der Waals surface area contributed by atoms with Crippen molar-refractivity contribution in [3.63, 3.8) is 0 Å². The van der Waals surface area contributed by atoms with Gasteiger partial charge in [0.2, 0.25) is 17.5 Å². The molecule has 2 aromatic heterocycles. The lowest BCUT2D eigenvalue weighted by Crippen LogP contribution is -2.44. The normalized spacial score (nSPS) is 12.9. The topological polar surface area (TPSA) is 172 Å². The lowest BCUT2D eigenvalue weighted by molar-refractivity contribution is -0.0561. The number of amides is 2. The minimum atomic E-state index is -3.55. The molecule has 17 heteroatoms. The van der Waals surface area contributed by atoms with Crippen molar-refractivity contribution in [2.45, 2.75) is 79.3 Å². The number of rotatable bonds is 16. The number of hydrogen-bond acceptors (Lipinski definition) is 14. The third-order valence-electron chi connectivity index (χ3n) is 5.80. The molecule has 0 N–H and O–H groups in total. The Balaban J connectivity index is 1.93. The Morgan fingerprint density at radius 1 is 0.917 bits per heavy atom. The minimum absolute atomic E-state index is 0.0484. The molecule has 3 aromatic rings. The third-order valence-corrected chi connectivity index (χ3v) is 7.57. The van der Waals surface area contributed by atoms with Crippen LogP contribution in [-0.4, -0.2) is 89.1 Å². The van der Waals surface area contributed by atoms with E-state index in [1.54, 1.807) is 55.4 Å². The first kappa shape index (κ1) is 38.6. The highest BCUT2D eigenvalue weighted by molar-refractivity contribution is 7.53. The van der Waals surface area contributed by atoms with E-state index in [4.69, 9.17) is 37.6 Å². The Morgan fingerprint density at radius 2 is 1.52 bits per heavy atom. The van der Waals surface area contributed by atoms with Crippen LogP contribution < -0.4 is 14.5 Å². The molecule has 0 aliphatic carbocycles. The number of aromatic nitrogens is 4. The van der Waals surface area contributed by atoms with Crippen molar-refractivity contribution in [2.75, 3.05) is 44.8 Å². The van der Waals surface area contributed by atoms with E-state index in [0.29, 0.717) is 11.5 Å². The summed E-state index contributed by atoms with van der Waals surface area (Å²) in [4.78, 5) is 46.1. The zero-order chi connectivity index (χ0) is 35.5. The van der Waals surface area contributed by atoms with Crippen molar-refractivity contribution in [3.8, 4) is 5.88 Å². The summed E-state index contributed by atoms with van der Waals surface area (Å²) >= 11 is 0. The van der Waals surface area contributed by atoms with Crippen LogP contribution in [0.25, 0.3) is 11.2 Å². The number of benzene rings is 1. The van der Waals surface area contributed by atoms with Crippen molar-refractivity contribution >= 4 is 36.9 Å². The molecule has 3 rings (SSSR count). The van der Waals surface area contributed by atoms with Gasteiger partial charge in [0.05, 0.1) is 33.5 Å². The van der Waals surface area contributed by atoms with Gasteiger partial charge in [0, 0.05) is 0 Å². The number of anilines is 1. The van der Waals surface area contributed by atoms with E-state index in [9.17, 15) is 14.2 Å². The van der Waals surface area contributed by atoms with Gasteiger partial charge in [-0.15, -0.1) is 4.90 Å². The van der Waals surface area contributed by atoms with Gasteiger partial charge in [-0.1, -0.05) is 30.3 Å². The van der Waals surface area contributed by atoms with Gasteiger partial charge in [-0.2, -0.15) is 14.7 Å². The van der Waals surface area contributed by atoms with Crippen LogP contribution in [0.3, 0.4) is 0 Å². The van der Waals surface area contributed by atoms with Crippen molar-refractivity contribution < 1.29 is 51.7 Å². The number of nitrogens with zero attached hydrogens (tertiary/aromatic N) is 5. The monoisotopic (exact) mass is 695 g/mol. The predicted octanol–water partition coefficient (Wildman–Crippen LogP) is 5.77. The molecular weight excluding hydrogens is 649 g/mol. The summed E-state index contributed by atoms with van der Waals surface area (Å²) in [7, 11) is -2.20. The van der Waals surface area contributed by atoms with E-state index >= 15 is 0 Å². The van der Waals surface area contributed by atoms with Crippen LogP contribution in [0.1, 0.15) is 61.0 Å². The number of fused-ring (bicyclic) bond motifs is 1. The number of carbonyl (C=O) groups is 2. The van der Waals surface area contributed by atoms with Crippen molar-refractivity contribution in [1.29, 1.82) is 0 Å². The summed E-state index contributed by atoms with van der Waals surface area (Å²) in [5.41, 5.74) is -0.746. The molecule has 0 bridgehead atoms. The maximum Gasteiger partial charge on any atom is 0.427 e. The second-order valence-electron chi connectivity index (χ2n) is 12.2. The summed E-state index contributed by atoms with van der Waals surface area (Å²) in [6.07, 6.45) is -1.93. The van der Waals surface area contributed by atoms with Crippen molar-refractivity contribution in [1.82, 2.24) is 19.7 Å². The Kier molecular flexibility index (Phi) is 13.7. The average molecular weight is 696 g/mol. The summed E-state index contributed by atoms with van der Waals surface area (Å²) in [6, 6.07) is 9.55. The number of imidazole rings is 1. The number of ether oxygens (including phenoxy) is 5. The van der Waals surface area contributed by atoms with Gasteiger partial charge in [0.25, 0.3) is 0 Å². The Hall–Kier alpha value is -3.82. The fourth-order valence-corrected chi connectivity index (χ4v) is 5.33. The van der Waals surface area contributed by atoms with Crippen molar-refractivity contribution in [3.05, 3.63) is 42.2 Å². The summed E-state index contributed by atoms with van der Waals surface area (Å²) < 4.78 is 53.2. The number of imide groups is 1. The molecule has 2 heterocycles. The zero-order valence-corrected chi connectivity index (χ0v) is 29.9. The van der Waals surface area contributed by atoms with E-state index in [0.717, 1.165) is 5.56 Å². The molecular formula is C31H46N5O11P. The number of methoxy groups -OCH3 is 1. The fourth-order valence-electron chi connectivity index (χ4n) is 3.93. The molecule has 0 aliphatic rings. The highest BCUT2D eigenvalue weighted by Crippen LogP contribution is 2.48. The molecule has 1 unspecified atom stereocenters. The van der Waals surface area contributed by atoms with Crippen LogP contribution in [0.5, 0.6) is 5.88 Å². The highest BCUT2D eigenvalue weighted by atomic mass is 31.2. The summed E-state index contributed by atoms with van der Waals surface area (Å²) in [6.45, 7) is 13.8. The first-order valence-electron chi connectivity index (χ1n) is 15.4. The van der Waals surface area contributed by atoms with E-state index in [2.05, 4.69) is 15.0 Å². The van der Waals surface area contributed by atoms with Gasteiger partial charge in [0.1, 0.15) is 36.6 Å². The molecule has 1 atom stereocenters. The standard InChI is InChI=1S/C31H46N5O11P/c1-10-44-48(39,45-11-2)21-42-23(18-41-17-22-15-13-12-14-16-22)19-43-35-20-32-24-25(35)33-27(34-26(24)40-9)36(28(37)46-30(3,4)5)29(38)47-31(6,7)8/h12-16,20,23H,10-11,17-19,21H2,1-9H3. The van der Waals surface area contributed by atoms with E-state index < -0.39 is 43.0 Å². The van der Waals surface area contributed by atoms with Gasteiger partial charge in [-0.3, -0.25) is 4.57 Å². The molecule has 2 amide bonds. The van der Waals surface area contributed by atoms with Gasteiger partial charge in [0.15, 0.2) is 5.52 Å². The van der Waals surface area contributed by atoms with E-state index in [-0.39, 0.29) is 49.8 Å². The van der Waals surface area contributed by atoms with Crippen LogP contribution >= 0.6 is 7.60 Å². The lowest BCUT2D eigenvalue weighted by Gasteiger charge is -2.27. The predicted molar refractivity (Wildman–Crippen MR) is 175 cm³/mol. The first-order chi connectivity index (χ1) is 22.6. The molecule has 48 heavy (non-hydrogen) atoms. The molecule has 16 nitrogen and oxygen atoms in total. The minimum Gasteiger partial charge on any atom is -0.479 e. The first-order valence-corrected chi connectivity index (χ1v) is 17.1. The van der Waals surface area contributed by atoms with Gasteiger partial charge in [-0.05, 0) is 61.0 Å². The fraction of sp³-hybridized carbons (Fsp3) is 0.581. The number of carbonyl (C=O) groups excluding carboxylic acids is 2. The Bertz CT molecular complexity index is 1500. The number of hydrogen-bond donors (Lipinski definition) is 0. The second-order valence-corrected chi connectivity index (χ2v) is 14.2. The molecule has 0 saturated heterocycles. The molecule has 266 valence electrons. The summed E-state index contributed by atoms with van der Waals surface area (Å²) in [5, 5.41) is 0. The zero-order valence-electron chi connectivity index (χ0n) is 29.0. The Morgan fingerprint density at radius 3 is 2.06 bits per heavy atom. The van der Waals surface area contributed by atoms with Crippen molar-refractivity contribution in [2.24, 2.45) is 0 Å². The van der Waals surface area contributed by atoms with Crippen LogP contribution in [0.15, 0.2) is 36.7 Å². The van der Waals surface area contributed by atoms with Crippen LogP contribution in [-0.2, 0) is 39.2 Å². The SMILES string of the molecule is CCOP(=O)(COC(COCc1ccccc1)COn1cnc2c(OC)nc(N(C(=O)OC(C)(C)C)C(=O)OC(C)(C)C)nc21)OCC. The van der Waals surface area contributed by atoms with Crippen LogP contribution in [0, 0.1) is 0 Å². The lowest BCUT2D eigenvalue weighted by atomic mass is 10.2. The maximum absolute atomic E-state index is 13.3. The van der Waals surface area contributed by atoms with Gasteiger partial charge >= 0.3 is 19.8 Å². The quantitative estimate of drug-likeness (QED) is 0.165. The smallest absolute Gasteiger partial charge is 0.427 e. The third kappa shape index (κ3) is 11.7.